The van der Waals surface area contributed by atoms with Crippen LogP contribution in [-0.4, -0.2) is 9.55 Å². The number of aryl methyl sites for hydroxylation is 1. The molecule has 1 aliphatic rings. The lowest BCUT2D eigenvalue weighted by Crippen LogP contribution is -2.14. The number of alkyl halides is 1. The molecule has 0 aliphatic heterocycles. The number of hydrogen-bond donors (Lipinski definition) is 0. The van der Waals surface area contributed by atoms with Gasteiger partial charge in [0.2, 0.25) is 0 Å². The smallest absolute Gasteiger partial charge is 0.127 e. The van der Waals surface area contributed by atoms with Crippen LogP contribution in [0.3, 0.4) is 0 Å². The van der Waals surface area contributed by atoms with E-state index in [1.807, 2.05) is 6.92 Å². The molecule has 0 N–H and O–H groups in total. The molecule has 108 valence electrons. The van der Waals surface area contributed by atoms with Crippen molar-refractivity contribution in [1.82, 2.24) is 9.55 Å². The molecule has 1 heterocycles. The van der Waals surface area contributed by atoms with Gasteiger partial charge in [0.1, 0.15) is 5.82 Å². The van der Waals surface area contributed by atoms with Gasteiger partial charge >= 0.3 is 0 Å². The Balaban J connectivity index is 2.08. The van der Waals surface area contributed by atoms with Crippen LogP contribution < -0.4 is 0 Å². The van der Waals surface area contributed by atoms with Gasteiger partial charge in [-0.2, -0.15) is 0 Å². The normalized spacial score (nSPS) is 18.4. The van der Waals surface area contributed by atoms with Crippen molar-refractivity contribution >= 4 is 22.6 Å². The highest BCUT2D eigenvalue weighted by molar-refractivity contribution is 6.20. The highest BCUT2D eigenvalue weighted by Crippen LogP contribution is 2.51. The van der Waals surface area contributed by atoms with Gasteiger partial charge < -0.3 is 4.57 Å². The lowest BCUT2D eigenvalue weighted by atomic mass is 10.0. The summed E-state index contributed by atoms with van der Waals surface area (Å²) in [5.41, 5.74) is 4.10. The number of benzene rings is 1. The van der Waals surface area contributed by atoms with Gasteiger partial charge in [-0.25, -0.2) is 4.98 Å². The largest absolute Gasteiger partial charge is 0.326 e. The van der Waals surface area contributed by atoms with Crippen LogP contribution >= 0.6 is 11.6 Å². The fraction of sp³-hybridized carbons (Fsp3) is 0.588. The molecular formula is C17H23ClN2. The van der Waals surface area contributed by atoms with Crippen molar-refractivity contribution in [3.63, 3.8) is 0 Å². The van der Waals surface area contributed by atoms with Crippen LogP contribution in [0.4, 0.5) is 0 Å². The van der Waals surface area contributed by atoms with Crippen molar-refractivity contribution in [3.05, 3.63) is 29.6 Å². The zero-order chi connectivity index (χ0) is 14.3. The molecule has 2 nitrogen and oxygen atoms in total. The first-order valence-corrected chi connectivity index (χ1v) is 8.10. The van der Waals surface area contributed by atoms with E-state index in [1.54, 1.807) is 0 Å². The molecule has 1 atom stereocenters. The third kappa shape index (κ3) is 2.35. The molecule has 1 aliphatic carbocycles. The first-order chi connectivity index (χ1) is 9.56. The van der Waals surface area contributed by atoms with Crippen LogP contribution in [0.15, 0.2) is 18.2 Å². The molecule has 1 aromatic heterocycles. The van der Waals surface area contributed by atoms with Gasteiger partial charge in [0.05, 0.1) is 16.4 Å². The molecule has 1 fully saturated rings. The Morgan fingerprint density at radius 3 is 2.75 bits per heavy atom. The Morgan fingerprint density at radius 1 is 1.40 bits per heavy atom. The van der Waals surface area contributed by atoms with Gasteiger partial charge in [0.15, 0.2) is 0 Å². The summed E-state index contributed by atoms with van der Waals surface area (Å²) >= 11 is 6.38. The highest BCUT2D eigenvalue weighted by atomic mass is 35.5. The number of hydrogen-bond acceptors (Lipinski definition) is 1. The summed E-state index contributed by atoms with van der Waals surface area (Å²) in [5, 5.41) is -0.0424. The van der Waals surface area contributed by atoms with E-state index in [9.17, 15) is 0 Å². The van der Waals surface area contributed by atoms with Crippen LogP contribution in [0.1, 0.15) is 56.3 Å². The zero-order valence-electron chi connectivity index (χ0n) is 12.6. The van der Waals surface area contributed by atoms with Gasteiger partial charge in [0.25, 0.3) is 0 Å². The zero-order valence-corrected chi connectivity index (χ0v) is 13.4. The van der Waals surface area contributed by atoms with E-state index in [1.165, 1.54) is 36.8 Å². The number of halogens is 1. The lowest BCUT2D eigenvalue weighted by molar-refractivity contribution is 0.387. The van der Waals surface area contributed by atoms with Gasteiger partial charge in [-0.05, 0) is 50.2 Å². The Bertz CT molecular complexity index is 623. The molecule has 1 aromatic carbocycles. The van der Waals surface area contributed by atoms with Crippen LogP contribution in [0.5, 0.6) is 0 Å². The molecule has 0 bridgehead atoms. The van der Waals surface area contributed by atoms with E-state index in [2.05, 4.69) is 36.6 Å². The second kappa shape index (κ2) is 5.07. The number of para-hydroxylation sites is 1. The molecule has 3 rings (SSSR count). The van der Waals surface area contributed by atoms with E-state index >= 15 is 0 Å². The minimum Gasteiger partial charge on any atom is -0.326 e. The van der Waals surface area contributed by atoms with Crippen LogP contribution in [0.25, 0.3) is 11.0 Å². The SMILES string of the molecule is CCCC1(Cn2c(C(C)Cl)nc3c(C)cccc32)CC1. The number of aromatic nitrogens is 2. The van der Waals surface area contributed by atoms with Crippen molar-refractivity contribution in [1.29, 1.82) is 0 Å². The van der Waals surface area contributed by atoms with Crippen LogP contribution in [-0.2, 0) is 6.54 Å². The first kappa shape index (κ1) is 13.9. The van der Waals surface area contributed by atoms with Crippen molar-refractivity contribution in [2.75, 3.05) is 0 Å². The summed E-state index contributed by atoms with van der Waals surface area (Å²) in [4.78, 5) is 4.81. The molecule has 20 heavy (non-hydrogen) atoms. The van der Waals surface area contributed by atoms with E-state index in [0.717, 1.165) is 17.9 Å². The van der Waals surface area contributed by atoms with Crippen molar-refractivity contribution in [2.24, 2.45) is 5.41 Å². The predicted molar refractivity (Wildman–Crippen MR) is 85.3 cm³/mol. The third-order valence-electron chi connectivity index (χ3n) is 4.60. The van der Waals surface area contributed by atoms with E-state index in [4.69, 9.17) is 16.6 Å². The maximum atomic E-state index is 6.38. The highest BCUT2D eigenvalue weighted by Gasteiger charge is 2.42. The van der Waals surface area contributed by atoms with E-state index < -0.39 is 0 Å². The topological polar surface area (TPSA) is 17.8 Å². The fourth-order valence-electron chi connectivity index (χ4n) is 3.30. The Kier molecular flexibility index (Phi) is 3.53. The predicted octanol–water partition coefficient (Wildman–Crippen LogP) is 5.22. The van der Waals surface area contributed by atoms with Crippen molar-refractivity contribution in [2.45, 2.75) is 58.4 Å². The summed E-state index contributed by atoms with van der Waals surface area (Å²) in [5.74, 6) is 1.03. The Morgan fingerprint density at radius 2 is 2.15 bits per heavy atom. The molecule has 1 unspecified atom stereocenters. The van der Waals surface area contributed by atoms with Crippen molar-refractivity contribution < 1.29 is 0 Å². The van der Waals surface area contributed by atoms with Gasteiger partial charge in [-0.3, -0.25) is 0 Å². The number of rotatable bonds is 5. The minimum absolute atomic E-state index is 0.0424. The molecule has 1 saturated carbocycles. The quantitative estimate of drug-likeness (QED) is 0.690. The molecule has 0 saturated heterocycles. The maximum absolute atomic E-state index is 6.38. The monoisotopic (exact) mass is 290 g/mol. The average molecular weight is 291 g/mol. The van der Waals surface area contributed by atoms with Crippen LogP contribution in [0.2, 0.25) is 0 Å². The first-order valence-electron chi connectivity index (χ1n) is 7.66. The van der Waals surface area contributed by atoms with E-state index in [-0.39, 0.29) is 5.38 Å². The summed E-state index contributed by atoms with van der Waals surface area (Å²) in [6.07, 6.45) is 5.27. The van der Waals surface area contributed by atoms with Gasteiger partial charge in [-0.1, -0.05) is 25.5 Å². The Labute approximate surface area is 126 Å². The second-order valence-corrected chi connectivity index (χ2v) is 7.02. The van der Waals surface area contributed by atoms with Gasteiger partial charge in [-0.15, -0.1) is 11.6 Å². The summed E-state index contributed by atoms with van der Waals surface area (Å²) in [7, 11) is 0. The summed E-state index contributed by atoms with van der Waals surface area (Å²) in [6.45, 7) is 7.50. The standard InChI is InChI=1S/C17H23ClN2/c1-4-8-17(9-10-17)11-20-14-7-5-6-12(2)15(14)19-16(20)13(3)18/h5-7,13H,4,8-11H2,1-3H3. The molecule has 2 aromatic rings. The summed E-state index contributed by atoms with van der Waals surface area (Å²) < 4.78 is 2.38. The van der Waals surface area contributed by atoms with Crippen molar-refractivity contribution in [3.8, 4) is 0 Å². The van der Waals surface area contributed by atoms with Crippen LogP contribution in [0, 0.1) is 12.3 Å². The van der Waals surface area contributed by atoms with E-state index in [0.29, 0.717) is 5.41 Å². The number of nitrogens with zero attached hydrogens (tertiary/aromatic N) is 2. The number of imidazole rings is 1. The number of fused-ring (bicyclic) bond motifs is 1. The molecule has 0 radical (unpaired) electrons. The fourth-order valence-corrected chi connectivity index (χ4v) is 3.47. The Hall–Kier alpha value is -1.02. The lowest BCUT2D eigenvalue weighted by Gasteiger charge is -2.18. The molecule has 3 heteroatoms. The average Bonchev–Trinajstić information content (AvgIpc) is 3.04. The minimum atomic E-state index is -0.0424. The summed E-state index contributed by atoms with van der Waals surface area (Å²) in [6, 6.07) is 6.43. The molecular weight excluding hydrogens is 268 g/mol. The molecule has 0 spiro atoms. The maximum Gasteiger partial charge on any atom is 0.127 e. The van der Waals surface area contributed by atoms with Gasteiger partial charge in [0, 0.05) is 6.54 Å². The third-order valence-corrected chi connectivity index (χ3v) is 4.79. The molecule has 0 amide bonds. The second-order valence-electron chi connectivity index (χ2n) is 6.36.